The lowest BCUT2D eigenvalue weighted by Gasteiger charge is -2.31. The number of aliphatic imine (C=N–C) groups is 1. The third-order valence-electron chi connectivity index (χ3n) is 5.60. The zero-order chi connectivity index (χ0) is 26.0. The number of halogens is 6. The van der Waals surface area contributed by atoms with Crippen LogP contribution in [-0.2, 0) is 23.7 Å². The van der Waals surface area contributed by atoms with Crippen LogP contribution in [0.15, 0.2) is 34.2 Å². The first-order chi connectivity index (χ1) is 16.3. The molecular weight excluding hydrogens is 502 g/mol. The number of nitrogens with one attached hydrogen (secondary N) is 1. The third kappa shape index (κ3) is 6.98. The summed E-state index contributed by atoms with van der Waals surface area (Å²) >= 11 is 0.859. The normalized spacial score (nSPS) is 21.5. The monoisotopic (exact) mass is 524 g/mol. The fraction of sp³-hybridized carbons (Fsp3) is 0.476. The number of nitrogens with zero attached hydrogens (tertiary/aromatic N) is 2. The van der Waals surface area contributed by atoms with Crippen molar-refractivity contribution in [1.82, 2.24) is 10.2 Å². The average molecular weight is 524 g/mol. The van der Waals surface area contributed by atoms with E-state index in [0.717, 1.165) is 17.8 Å². The Hall–Kier alpha value is -2.58. The molecule has 2 fully saturated rings. The number of likely N-dealkylation sites (tertiary alicyclic amines) is 1. The number of alkyl halides is 6. The molecule has 1 aromatic carbocycles. The lowest BCUT2D eigenvalue weighted by atomic mass is 9.95. The van der Waals surface area contributed by atoms with Gasteiger partial charge in [0, 0.05) is 6.54 Å². The lowest BCUT2D eigenvalue weighted by molar-refractivity contribution is -0.143. The van der Waals surface area contributed by atoms with Gasteiger partial charge in [0.2, 0.25) is 5.91 Å². The molecule has 0 bridgehead atoms. The molecule has 2 aliphatic rings. The number of hydrogen-bond donors (Lipinski definition) is 3. The maximum atomic E-state index is 13.4. The molecule has 3 rings (SSSR count). The zero-order valence-electron chi connectivity index (χ0n) is 18.1. The molecule has 0 radical (unpaired) electrons. The summed E-state index contributed by atoms with van der Waals surface area (Å²) in [4.78, 5) is 29.3. The van der Waals surface area contributed by atoms with Gasteiger partial charge in [-0.15, -0.1) is 0 Å². The number of piperidine rings is 1. The van der Waals surface area contributed by atoms with E-state index in [1.807, 2.05) is 0 Å². The first-order valence-electron chi connectivity index (χ1n) is 10.5. The number of hydrogen-bond acceptors (Lipinski definition) is 6. The number of amidine groups is 1. The average Bonchev–Trinajstić information content (AvgIpc) is 3.10. The summed E-state index contributed by atoms with van der Waals surface area (Å²) in [7, 11) is 0. The van der Waals surface area contributed by atoms with E-state index in [1.165, 1.54) is 0 Å². The van der Waals surface area contributed by atoms with Crippen LogP contribution in [-0.4, -0.2) is 52.7 Å². The van der Waals surface area contributed by atoms with E-state index < -0.39 is 47.3 Å². The van der Waals surface area contributed by atoms with Crippen molar-refractivity contribution in [2.75, 3.05) is 19.7 Å². The van der Waals surface area contributed by atoms with Crippen LogP contribution in [0, 0.1) is 5.92 Å². The van der Waals surface area contributed by atoms with Crippen molar-refractivity contribution in [2.24, 2.45) is 16.6 Å². The number of primary amides is 1. The molecular formula is C21H22F6N4O3S. The van der Waals surface area contributed by atoms with E-state index in [9.17, 15) is 41.0 Å². The Balaban J connectivity index is 1.69. The van der Waals surface area contributed by atoms with Crippen LogP contribution >= 0.6 is 11.8 Å². The maximum Gasteiger partial charge on any atom is 0.416 e. The largest absolute Gasteiger partial charge is 0.416 e. The molecule has 0 aliphatic carbocycles. The summed E-state index contributed by atoms with van der Waals surface area (Å²) in [6.07, 6.45) is -6.99. The number of carbonyl (C=O) groups is 2. The Morgan fingerprint density at radius 1 is 1.23 bits per heavy atom. The number of allylic oxidation sites excluding steroid dienone is 1. The number of amides is 2. The van der Waals surface area contributed by atoms with Gasteiger partial charge in [0.15, 0.2) is 6.04 Å². The van der Waals surface area contributed by atoms with Crippen LogP contribution in [0.25, 0.3) is 0 Å². The number of carbonyl (C=O) groups excluding carboxylic acids is 2. The molecule has 1 atom stereocenters. The van der Waals surface area contributed by atoms with E-state index in [2.05, 4.69) is 10.3 Å². The summed E-state index contributed by atoms with van der Waals surface area (Å²) < 4.78 is 78.9. The van der Waals surface area contributed by atoms with Gasteiger partial charge in [0.1, 0.15) is 5.84 Å². The molecule has 2 heterocycles. The molecule has 7 nitrogen and oxygen atoms in total. The fourth-order valence-corrected chi connectivity index (χ4v) is 4.59. The Bertz CT molecular complexity index is 1030. The van der Waals surface area contributed by atoms with Crippen LogP contribution in [0.1, 0.15) is 29.5 Å². The predicted molar refractivity (Wildman–Crippen MR) is 116 cm³/mol. The number of aliphatic hydroxyl groups excluding tert-OH is 1. The summed E-state index contributed by atoms with van der Waals surface area (Å²) in [6, 6.07) is 0.433. The van der Waals surface area contributed by atoms with Crippen molar-refractivity contribution in [2.45, 2.75) is 37.8 Å². The Morgan fingerprint density at radius 2 is 1.89 bits per heavy atom. The van der Waals surface area contributed by atoms with Gasteiger partial charge >= 0.3 is 12.4 Å². The Morgan fingerprint density at radius 3 is 2.43 bits per heavy atom. The quantitative estimate of drug-likeness (QED) is 0.494. The van der Waals surface area contributed by atoms with E-state index in [-0.39, 0.29) is 29.9 Å². The topological polar surface area (TPSA) is 108 Å². The SMILES string of the molecule is NC(=O)[C@H](CO)N=C1NC(=O)S/C1=C/C1CCN(Cc2ccc(C(F)(F)F)cc2C(F)(F)F)CC1. The van der Waals surface area contributed by atoms with Crippen LogP contribution in [0.4, 0.5) is 31.1 Å². The minimum Gasteiger partial charge on any atom is -0.394 e. The second kappa shape index (κ2) is 10.6. The first-order valence-corrected chi connectivity index (χ1v) is 11.3. The highest BCUT2D eigenvalue weighted by Gasteiger charge is 2.38. The van der Waals surface area contributed by atoms with Crippen molar-refractivity contribution in [3.63, 3.8) is 0 Å². The number of aliphatic hydroxyl groups is 1. The van der Waals surface area contributed by atoms with Crippen LogP contribution in [0.5, 0.6) is 0 Å². The van der Waals surface area contributed by atoms with E-state index in [1.54, 1.807) is 11.0 Å². The van der Waals surface area contributed by atoms with Crippen molar-refractivity contribution in [3.8, 4) is 0 Å². The van der Waals surface area contributed by atoms with E-state index >= 15 is 0 Å². The molecule has 14 heteroatoms. The van der Waals surface area contributed by atoms with Gasteiger partial charge in [-0.2, -0.15) is 26.3 Å². The lowest BCUT2D eigenvalue weighted by Crippen LogP contribution is -2.34. The van der Waals surface area contributed by atoms with E-state index in [4.69, 9.17) is 5.73 Å². The van der Waals surface area contributed by atoms with Crippen molar-refractivity contribution in [1.29, 1.82) is 0 Å². The van der Waals surface area contributed by atoms with Gasteiger partial charge in [-0.25, -0.2) is 0 Å². The molecule has 4 N–H and O–H groups in total. The first kappa shape index (κ1) is 27.0. The second-order valence-corrected chi connectivity index (χ2v) is 9.12. The Labute approximate surface area is 200 Å². The van der Waals surface area contributed by atoms with Crippen LogP contribution in [0.2, 0.25) is 0 Å². The highest BCUT2D eigenvalue weighted by molar-refractivity contribution is 8.18. The molecule has 2 saturated heterocycles. The van der Waals surface area contributed by atoms with E-state index in [0.29, 0.717) is 36.9 Å². The van der Waals surface area contributed by atoms with Gasteiger partial charge < -0.3 is 16.2 Å². The summed E-state index contributed by atoms with van der Waals surface area (Å²) in [6.45, 7) is -0.0267. The minimum absolute atomic E-state index is 0.0532. The van der Waals surface area contributed by atoms with Crippen molar-refractivity contribution in [3.05, 3.63) is 45.9 Å². The molecule has 35 heavy (non-hydrogen) atoms. The Kier molecular flexibility index (Phi) is 8.17. The summed E-state index contributed by atoms with van der Waals surface area (Å²) in [5.41, 5.74) is 2.26. The molecule has 1 aromatic rings. The highest BCUT2D eigenvalue weighted by atomic mass is 32.2. The predicted octanol–water partition coefficient (Wildman–Crippen LogP) is 3.52. The number of nitrogens with two attached hydrogens (primary N) is 1. The van der Waals surface area contributed by atoms with Crippen LogP contribution < -0.4 is 11.1 Å². The second-order valence-electron chi connectivity index (χ2n) is 8.10. The molecule has 0 spiro atoms. The zero-order valence-corrected chi connectivity index (χ0v) is 18.9. The van der Waals surface area contributed by atoms with Gasteiger partial charge in [-0.3, -0.25) is 19.5 Å². The molecule has 2 aliphatic heterocycles. The summed E-state index contributed by atoms with van der Waals surface area (Å²) in [5.74, 6) is -0.803. The van der Waals surface area contributed by atoms with Gasteiger partial charge in [0.05, 0.1) is 22.6 Å². The van der Waals surface area contributed by atoms with Crippen molar-refractivity contribution < 1.29 is 41.0 Å². The molecule has 0 saturated carbocycles. The van der Waals surface area contributed by atoms with Gasteiger partial charge in [0.25, 0.3) is 5.24 Å². The summed E-state index contributed by atoms with van der Waals surface area (Å²) in [5, 5.41) is 11.3. The standard InChI is InChI=1S/C21H22F6N4O3S/c22-20(23,24)13-2-1-12(14(8-13)21(25,26)27)9-31-5-3-11(4-6-31)7-16-18(30-19(34)35-16)29-15(10-32)17(28)33/h1-2,7-8,11,15,32H,3-6,9-10H2,(H2,28,33)(H,29,30,34)/b16-7+/t15-/m0/s1. The minimum atomic E-state index is -4.92. The van der Waals surface area contributed by atoms with Crippen LogP contribution in [0.3, 0.4) is 0 Å². The fourth-order valence-electron chi connectivity index (χ4n) is 3.78. The number of rotatable bonds is 6. The van der Waals surface area contributed by atoms with Gasteiger partial charge in [-0.1, -0.05) is 12.1 Å². The van der Waals surface area contributed by atoms with Gasteiger partial charge in [-0.05, 0) is 61.3 Å². The third-order valence-corrected chi connectivity index (χ3v) is 6.44. The number of benzene rings is 1. The number of thioether (sulfide) groups is 1. The molecule has 192 valence electrons. The smallest absolute Gasteiger partial charge is 0.394 e. The molecule has 2 amide bonds. The highest BCUT2D eigenvalue weighted by Crippen LogP contribution is 2.38. The molecule has 0 aromatic heterocycles. The maximum absolute atomic E-state index is 13.4. The van der Waals surface area contributed by atoms with Crippen molar-refractivity contribution >= 4 is 28.7 Å². The molecule has 0 unspecified atom stereocenters.